The van der Waals surface area contributed by atoms with Crippen molar-refractivity contribution in [2.24, 2.45) is 44.3 Å². The maximum Gasteiger partial charge on any atom is 0.112 e. The van der Waals surface area contributed by atoms with Gasteiger partial charge in [-0.2, -0.15) is 5.26 Å². The van der Waals surface area contributed by atoms with E-state index in [0.717, 1.165) is 50.5 Å². The molecule has 0 aromatic rings. The van der Waals surface area contributed by atoms with Gasteiger partial charge in [-0.3, -0.25) is 0 Å². The highest BCUT2D eigenvalue weighted by atomic mass is 16.3. The molecule has 36 heavy (non-hydrogen) atoms. The molecule has 3 fully saturated rings. The summed E-state index contributed by atoms with van der Waals surface area (Å²) in [5.74, 6) is 0.164. The Balaban J connectivity index is 1.71. The van der Waals surface area contributed by atoms with Crippen molar-refractivity contribution in [1.29, 1.82) is 5.26 Å². The quantitative estimate of drug-likeness (QED) is 0.342. The van der Waals surface area contributed by atoms with E-state index in [1.165, 1.54) is 0 Å². The van der Waals surface area contributed by atoms with Crippen molar-refractivity contribution in [2.75, 3.05) is 6.61 Å². The number of allylic oxidation sites excluding steroid dienone is 3. The van der Waals surface area contributed by atoms with Crippen molar-refractivity contribution in [1.82, 2.24) is 0 Å². The van der Waals surface area contributed by atoms with Crippen molar-refractivity contribution in [3.63, 3.8) is 0 Å². The summed E-state index contributed by atoms with van der Waals surface area (Å²) >= 11 is 0. The van der Waals surface area contributed by atoms with Gasteiger partial charge in [-0.25, -0.2) is 0 Å². The molecule has 0 saturated heterocycles. The van der Waals surface area contributed by atoms with E-state index in [-0.39, 0.29) is 40.4 Å². The molecule has 5 rings (SSSR count). The number of fused-ring (bicyclic) bond motifs is 7. The first kappa shape index (κ1) is 26.3. The molecule has 0 aromatic carbocycles. The van der Waals surface area contributed by atoms with Crippen LogP contribution < -0.4 is 0 Å². The molecule has 5 nitrogen and oxygen atoms in total. The first-order chi connectivity index (χ1) is 16.5. The standard InChI is InChI=1S/C31H47NO4/c1-25(2)10-12-30(18-33)13-11-29(7)28(6)9-8-20-26(3,4)24(35)19(17-32)15-27(20,5)21(28)14-23(34)31(29,36)22(30)16-25/h14,20,22-23,33-36H,8-13,15-16,18H2,1-7H3/t20-,22?,23+,27-,28+,29-,30+,31+/m0/s1. The first-order valence-electron chi connectivity index (χ1n) is 14.1. The van der Waals surface area contributed by atoms with Crippen molar-refractivity contribution >= 4 is 0 Å². The van der Waals surface area contributed by atoms with E-state index >= 15 is 0 Å². The summed E-state index contributed by atoms with van der Waals surface area (Å²) in [7, 11) is 0. The van der Waals surface area contributed by atoms with Crippen LogP contribution in [-0.2, 0) is 0 Å². The van der Waals surface area contributed by atoms with Crippen molar-refractivity contribution in [3.8, 4) is 6.07 Å². The van der Waals surface area contributed by atoms with Crippen LogP contribution in [0.5, 0.6) is 0 Å². The van der Waals surface area contributed by atoms with Gasteiger partial charge >= 0.3 is 0 Å². The molecule has 0 aliphatic heterocycles. The summed E-state index contributed by atoms with van der Waals surface area (Å²) in [6.07, 6.45) is 7.43. The van der Waals surface area contributed by atoms with Gasteiger partial charge in [0.15, 0.2) is 0 Å². The van der Waals surface area contributed by atoms with Crippen LogP contribution in [0.4, 0.5) is 0 Å². The lowest BCUT2D eigenvalue weighted by atomic mass is 9.32. The predicted molar refractivity (Wildman–Crippen MR) is 140 cm³/mol. The van der Waals surface area contributed by atoms with Gasteiger partial charge in [-0.15, -0.1) is 0 Å². The number of rotatable bonds is 1. The molecular weight excluding hydrogens is 450 g/mol. The van der Waals surface area contributed by atoms with E-state index in [2.05, 4.69) is 40.7 Å². The summed E-state index contributed by atoms with van der Waals surface area (Å²) in [5, 5.41) is 56.4. The second kappa shape index (κ2) is 7.39. The third kappa shape index (κ3) is 2.82. The van der Waals surface area contributed by atoms with Crippen molar-refractivity contribution < 1.29 is 20.4 Å². The van der Waals surface area contributed by atoms with Gasteiger partial charge < -0.3 is 20.4 Å². The molecule has 5 aliphatic rings. The third-order valence-electron chi connectivity index (χ3n) is 13.0. The average molecular weight is 498 g/mol. The summed E-state index contributed by atoms with van der Waals surface area (Å²) in [5.41, 5.74) is -1.92. The number of aliphatic hydroxyl groups is 4. The van der Waals surface area contributed by atoms with Crippen LogP contribution in [0.1, 0.15) is 99.8 Å². The topological polar surface area (TPSA) is 105 Å². The molecule has 5 aliphatic carbocycles. The van der Waals surface area contributed by atoms with Gasteiger partial charge in [0.2, 0.25) is 0 Å². The number of aliphatic hydroxyl groups excluding tert-OH is 3. The van der Waals surface area contributed by atoms with Gasteiger partial charge in [0.1, 0.15) is 17.5 Å². The fraction of sp³-hybridized carbons (Fsp3) is 0.839. The molecule has 200 valence electrons. The molecule has 0 spiro atoms. The number of nitriles is 1. The number of hydrogen-bond donors (Lipinski definition) is 4. The van der Waals surface area contributed by atoms with E-state index < -0.39 is 27.9 Å². The van der Waals surface area contributed by atoms with Crippen molar-refractivity contribution in [2.45, 2.75) is 112 Å². The molecule has 0 radical (unpaired) electrons. The number of nitrogens with zero attached hydrogens (tertiary/aromatic N) is 1. The highest BCUT2D eigenvalue weighted by Gasteiger charge is 2.75. The van der Waals surface area contributed by atoms with Gasteiger partial charge in [-0.05, 0) is 84.9 Å². The molecular formula is C31H47NO4. The average Bonchev–Trinajstić information content (AvgIpc) is 2.80. The van der Waals surface area contributed by atoms with E-state index in [0.29, 0.717) is 12.0 Å². The minimum Gasteiger partial charge on any atom is -0.511 e. The highest BCUT2D eigenvalue weighted by molar-refractivity contribution is 5.45. The van der Waals surface area contributed by atoms with Crippen LogP contribution in [0.2, 0.25) is 0 Å². The molecule has 0 bridgehead atoms. The van der Waals surface area contributed by atoms with E-state index in [4.69, 9.17) is 0 Å². The Hall–Kier alpha value is -1.35. The van der Waals surface area contributed by atoms with E-state index in [1.54, 1.807) is 0 Å². The largest absolute Gasteiger partial charge is 0.511 e. The SMILES string of the molecule is CC1(C)CC[C@]2(CO)CC[C@]3(C)[C@@](O)(C2C1)[C@H](O)C=C1[C@@]2(C)CC(C#N)=C(O)C(C)(C)[C@@H]2CC[C@]13C. The summed E-state index contributed by atoms with van der Waals surface area (Å²) in [6.45, 7) is 15.3. The van der Waals surface area contributed by atoms with Gasteiger partial charge in [0.05, 0.1) is 11.6 Å². The van der Waals surface area contributed by atoms with E-state index in [9.17, 15) is 25.7 Å². The normalized spacial score (nSPS) is 51.1. The summed E-state index contributed by atoms with van der Waals surface area (Å²) in [4.78, 5) is 0. The molecule has 4 N–H and O–H groups in total. The predicted octanol–water partition coefficient (Wildman–Crippen LogP) is 5.81. The molecule has 0 amide bonds. The minimum atomic E-state index is -1.34. The second-order valence-corrected chi connectivity index (χ2v) is 15.3. The number of hydrogen-bond acceptors (Lipinski definition) is 5. The maximum absolute atomic E-state index is 12.9. The van der Waals surface area contributed by atoms with Crippen LogP contribution >= 0.6 is 0 Å². The minimum absolute atomic E-state index is 0.0446. The summed E-state index contributed by atoms with van der Waals surface area (Å²) < 4.78 is 0. The molecule has 8 atom stereocenters. The van der Waals surface area contributed by atoms with E-state index in [1.807, 2.05) is 19.9 Å². The Kier molecular flexibility index (Phi) is 5.39. The Morgan fingerprint density at radius 2 is 1.61 bits per heavy atom. The van der Waals surface area contributed by atoms with Crippen LogP contribution in [-0.4, -0.2) is 38.7 Å². The zero-order valence-corrected chi connectivity index (χ0v) is 23.4. The highest BCUT2D eigenvalue weighted by Crippen LogP contribution is 2.76. The van der Waals surface area contributed by atoms with Gasteiger partial charge in [0.25, 0.3) is 0 Å². The third-order valence-corrected chi connectivity index (χ3v) is 13.0. The fourth-order valence-corrected chi connectivity index (χ4v) is 10.6. The maximum atomic E-state index is 12.9. The van der Waals surface area contributed by atoms with Gasteiger partial charge in [-0.1, -0.05) is 60.1 Å². The molecule has 0 aromatic heterocycles. The van der Waals surface area contributed by atoms with Crippen LogP contribution in [0.15, 0.2) is 23.0 Å². The lowest BCUT2D eigenvalue weighted by Gasteiger charge is -2.73. The lowest BCUT2D eigenvalue weighted by molar-refractivity contribution is -0.292. The van der Waals surface area contributed by atoms with Crippen LogP contribution in [0, 0.1) is 55.7 Å². The Morgan fingerprint density at radius 1 is 0.972 bits per heavy atom. The first-order valence-corrected chi connectivity index (χ1v) is 14.1. The zero-order chi connectivity index (χ0) is 26.7. The second-order valence-electron chi connectivity index (χ2n) is 15.3. The molecule has 5 heteroatoms. The van der Waals surface area contributed by atoms with Crippen molar-refractivity contribution in [3.05, 3.63) is 23.0 Å². The van der Waals surface area contributed by atoms with Crippen LogP contribution in [0.25, 0.3) is 0 Å². The smallest absolute Gasteiger partial charge is 0.112 e. The molecule has 0 heterocycles. The molecule has 3 saturated carbocycles. The van der Waals surface area contributed by atoms with Gasteiger partial charge in [0, 0.05) is 17.4 Å². The zero-order valence-electron chi connectivity index (χ0n) is 23.4. The monoisotopic (exact) mass is 497 g/mol. The molecule has 1 unspecified atom stereocenters. The Bertz CT molecular complexity index is 1080. The Morgan fingerprint density at radius 3 is 2.22 bits per heavy atom. The van der Waals surface area contributed by atoms with Crippen LogP contribution in [0.3, 0.4) is 0 Å². The Labute approximate surface area is 217 Å². The fourth-order valence-electron chi connectivity index (χ4n) is 10.6. The summed E-state index contributed by atoms with van der Waals surface area (Å²) in [6, 6.07) is 2.28. The lowest BCUT2D eigenvalue weighted by Crippen LogP contribution is -2.75.